The molecule has 1 aliphatic rings. The zero-order valence-electron chi connectivity index (χ0n) is 17.9. The fraction of sp³-hybridized carbons (Fsp3) is 0.304. The molecule has 2 N–H and O–H groups in total. The summed E-state index contributed by atoms with van der Waals surface area (Å²) in [5.74, 6) is 0.282. The van der Waals surface area contributed by atoms with Gasteiger partial charge in [0.2, 0.25) is 5.91 Å². The Morgan fingerprint density at radius 1 is 1.25 bits per heavy atom. The largest absolute Gasteiger partial charge is 0.354 e. The molecule has 1 amide bonds. The van der Waals surface area contributed by atoms with Crippen LogP contribution in [0.3, 0.4) is 0 Å². The topological polar surface area (TPSA) is 101 Å². The number of carbonyl (C=O) groups excluding carboxylic acids is 1. The number of hydrogen-bond donors (Lipinski definition) is 2. The second-order valence-corrected chi connectivity index (χ2v) is 10.7. The van der Waals surface area contributed by atoms with Crippen LogP contribution in [0.15, 0.2) is 45.1 Å². The maximum absolute atomic E-state index is 13.0. The standard InChI is InChI=1S/C23H25N3O4S2/c1-3-21(27)24-23-15(2)25-30-20(23)13-11-17-12-14-22(31-17)32(28,29)26-19-10-6-8-16-7-4-5-9-18(16)19/h4-5,7,9,11-14,19,26H,3,6,8,10H2,1-2H3,(H,24,27)/b13-11+/t19-/m0/s1. The van der Waals surface area contributed by atoms with Crippen LogP contribution in [0.2, 0.25) is 0 Å². The number of aromatic nitrogens is 1. The first-order valence-corrected chi connectivity index (χ1v) is 12.8. The first-order valence-electron chi connectivity index (χ1n) is 10.5. The molecule has 1 aliphatic carbocycles. The molecule has 7 nitrogen and oxygen atoms in total. The first-order chi connectivity index (χ1) is 15.4. The number of amides is 1. The summed E-state index contributed by atoms with van der Waals surface area (Å²) < 4.78 is 34.4. The molecule has 0 radical (unpaired) electrons. The van der Waals surface area contributed by atoms with Crippen LogP contribution in [0.5, 0.6) is 0 Å². The fourth-order valence-electron chi connectivity index (χ4n) is 3.73. The maximum atomic E-state index is 13.0. The number of anilines is 1. The quantitative estimate of drug-likeness (QED) is 0.509. The summed E-state index contributed by atoms with van der Waals surface area (Å²) in [5, 5.41) is 6.68. The second-order valence-electron chi connectivity index (χ2n) is 7.66. The summed E-state index contributed by atoms with van der Waals surface area (Å²) in [5.41, 5.74) is 3.36. The molecule has 0 fully saturated rings. The number of sulfonamides is 1. The van der Waals surface area contributed by atoms with Gasteiger partial charge in [0.25, 0.3) is 10.0 Å². The molecule has 32 heavy (non-hydrogen) atoms. The normalized spacial score (nSPS) is 16.2. The van der Waals surface area contributed by atoms with Crippen molar-refractivity contribution in [2.45, 2.75) is 49.8 Å². The number of hydrogen-bond acceptors (Lipinski definition) is 6. The predicted octanol–water partition coefficient (Wildman–Crippen LogP) is 4.92. The average Bonchev–Trinajstić information content (AvgIpc) is 3.40. The average molecular weight is 472 g/mol. The second kappa shape index (κ2) is 9.40. The van der Waals surface area contributed by atoms with E-state index in [0.717, 1.165) is 29.7 Å². The van der Waals surface area contributed by atoms with Gasteiger partial charge in [0.15, 0.2) is 5.76 Å². The number of aryl methyl sites for hydroxylation is 2. The van der Waals surface area contributed by atoms with Gasteiger partial charge in [-0.1, -0.05) is 36.3 Å². The Morgan fingerprint density at radius 2 is 2.06 bits per heavy atom. The predicted molar refractivity (Wildman–Crippen MR) is 126 cm³/mol. The van der Waals surface area contributed by atoms with Crippen molar-refractivity contribution in [1.82, 2.24) is 9.88 Å². The molecule has 2 aromatic heterocycles. The van der Waals surface area contributed by atoms with Crippen molar-refractivity contribution in [2.24, 2.45) is 0 Å². The van der Waals surface area contributed by atoms with Crippen molar-refractivity contribution in [1.29, 1.82) is 0 Å². The van der Waals surface area contributed by atoms with E-state index >= 15 is 0 Å². The van der Waals surface area contributed by atoms with Crippen molar-refractivity contribution in [3.8, 4) is 0 Å². The van der Waals surface area contributed by atoms with Crippen molar-refractivity contribution in [3.63, 3.8) is 0 Å². The minimum atomic E-state index is -3.65. The Hall–Kier alpha value is -2.75. The molecule has 1 aromatic carbocycles. The van der Waals surface area contributed by atoms with E-state index in [4.69, 9.17) is 4.52 Å². The highest BCUT2D eigenvalue weighted by Crippen LogP contribution is 2.32. The van der Waals surface area contributed by atoms with E-state index in [9.17, 15) is 13.2 Å². The van der Waals surface area contributed by atoms with E-state index in [1.54, 1.807) is 38.1 Å². The summed E-state index contributed by atoms with van der Waals surface area (Å²) in [6.45, 7) is 3.51. The minimum Gasteiger partial charge on any atom is -0.354 e. The monoisotopic (exact) mass is 471 g/mol. The molecule has 1 atom stereocenters. The van der Waals surface area contributed by atoms with E-state index in [1.165, 1.54) is 16.9 Å². The van der Waals surface area contributed by atoms with E-state index in [-0.39, 0.29) is 16.2 Å². The van der Waals surface area contributed by atoms with Gasteiger partial charge in [-0.2, -0.15) is 0 Å². The van der Waals surface area contributed by atoms with E-state index in [0.29, 0.717) is 23.6 Å². The van der Waals surface area contributed by atoms with Crippen LogP contribution in [-0.4, -0.2) is 19.5 Å². The van der Waals surface area contributed by atoms with E-state index in [2.05, 4.69) is 21.3 Å². The molecule has 0 bridgehead atoms. The lowest BCUT2D eigenvalue weighted by molar-refractivity contribution is -0.115. The summed E-state index contributed by atoms with van der Waals surface area (Å²) >= 11 is 1.17. The molecule has 2 heterocycles. The van der Waals surface area contributed by atoms with Gasteiger partial charge in [-0.3, -0.25) is 4.79 Å². The van der Waals surface area contributed by atoms with Gasteiger partial charge in [0, 0.05) is 17.3 Å². The molecule has 4 rings (SSSR count). The highest BCUT2D eigenvalue weighted by atomic mass is 32.2. The number of nitrogens with one attached hydrogen (secondary N) is 2. The Bertz CT molecular complexity index is 1260. The minimum absolute atomic E-state index is 0.134. The highest BCUT2D eigenvalue weighted by Gasteiger charge is 2.26. The van der Waals surface area contributed by atoms with Gasteiger partial charge in [-0.25, -0.2) is 13.1 Å². The Labute approximate surface area is 191 Å². The summed E-state index contributed by atoms with van der Waals surface area (Å²) in [6, 6.07) is 11.1. The molecule has 168 valence electrons. The van der Waals surface area contributed by atoms with Crippen LogP contribution in [0.25, 0.3) is 12.2 Å². The number of thiophene rings is 1. The lowest BCUT2D eigenvalue weighted by Gasteiger charge is -2.25. The van der Waals surface area contributed by atoms with Gasteiger partial charge in [-0.05, 0) is 61.6 Å². The van der Waals surface area contributed by atoms with Crippen LogP contribution in [0.1, 0.15) is 59.7 Å². The third kappa shape index (κ3) is 4.85. The van der Waals surface area contributed by atoms with Crippen LogP contribution in [0, 0.1) is 6.92 Å². The molecule has 3 aromatic rings. The molecule has 9 heteroatoms. The third-order valence-corrected chi connectivity index (χ3v) is 8.42. The molecule has 0 saturated carbocycles. The van der Waals surface area contributed by atoms with Crippen LogP contribution >= 0.6 is 11.3 Å². The molecule has 0 unspecified atom stereocenters. The van der Waals surface area contributed by atoms with Crippen molar-refractivity contribution < 1.29 is 17.7 Å². The third-order valence-electron chi connectivity index (χ3n) is 5.41. The fourth-order valence-corrected chi connectivity index (χ4v) is 6.22. The Kier molecular flexibility index (Phi) is 6.59. The van der Waals surface area contributed by atoms with E-state index < -0.39 is 10.0 Å². The van der Waals surface area contributed by atoms with Gasteiger partial charge < -0.3 is 9.84 Å². The molecule has 0 saturated heterocycles. The van der Waals surface area contributed by atoms with Crippen molar-refractivity contribution in [2.75, 3.05) is 5.32 Å². The highest BCUT2D eigenvalue weighted by molar-refractivity contribution is 7.91. The molecular weight excluding hydrogens is 446 g/mol. The SMILES string of the molecule is CCC(=O)Nc1c(C)noc1/C=C/c1ccc(S(=O)(=O)N[C@H]2CCCc3ccccc32)s1. The summed E-state index contributed by atoms with van der Waals surface area (Å²) in [6.07, 6.45) is 6.49. The molecule has 0 spiro atoms. The summed E-state index contributed by atoms with van der Waals surface area (Å²) in [4.78, 5) is 12.5. The van der Waals surface area contributed by atoms with Crippen LogP contribution in [0.4, 0.5) is 5.69 Å². The maximum Gasteiger partial charge on any atom is 0.250 e. The van der Waals surface area contributed by atoms with Crippen LogP contribution in [-0.2, 0) is 21.2 Å². The first kappa shape index (κ1) is 22.4. The zero-order valence-corrected chi connectivity index (χ0v) is 19.6. The Balaban J connectivity index is 1.50. The van der Waals surface area contributed by atoms with Crippen molar-refractivity contribution in [3.05, 3.63) is 63.9 Å². The van der Waals surface area contributed by atoms with Gasteiger partial charge in [0.1, 0.15) is 15.6 Å². The van der Waals surface area contributed by atoms with E-state index in [1.807, 2.05) is 18.2 Å². The number of rotatable bonds is 7. The van der Waals surface area contributed by atoms with Gasteiger partial charge in [-0.15, -0.1) is 11.3 Å². The number of carbonyl (C=O) groups is 1. The molecule has 0 aliphatic heterocycles. The smallest absolute Gasteiger partial charge is 0.250 e. The number of benzene rings is 1. The zero-order chi connectivity index (χ0) is 22.7. The number of nitrogens with zero attached hydrogens (tertiary/aromatic N) is 1. The van der Waals surface area contributed by atoms with Gasteiger partial charge >= 0.3 is 0 Å². The van der Waals surface area contributed by atoms with Crippen molar-refractivity contribution >= 4 is 45.1 Å². The lowest BCUT2D eigenvalue weighted by atomic mass is 9.88. The van der Waals surface area contributed by atoms with Crippen LogP contribution < -0.4 is 10.0 Å². The summed E-state index contributed by atoms with van der Waals surface area (Å²) in [7, 11) is -3.65. The Morgan fingerprint density at radius 3 is 2.88 bits per heavy atom. The van der Waals surface area contributed by atoms with Gasteiger partial charge in [0.05, 0.1) is 0 Å². The molecular formula is C23H25N3O4S2. The number of fused-ring (bicyclic) bond motifs is 1. The lowest BCUT2D eigenvalue weighted by Crippen LogP contribution is -2.30.